The second-order valence-corrected chi connectivity index (χ2v) is 11.2. The van der Waals surface area contributed by atoms with Gasteiger partial charge in [0.05, 0.1) is 4.90 Å². The largest absolute Gasteiger partial charge is 0.355 e. The molecule has 31 heavy (non-hydrogen) atoms. The highest BCUT2D eigenvalue weighted by atomic mass is 127. The third-order valence-electron chi connectivity index (χ3n) is 4.01. The molecule has 1 unspecified atom stereocenters. The summed E-state index contributed by atoms with van der Waals surface area (Å²) in [6.07, 6.45) is 0. The van der Waals surface area contributed by atoms with Crippen LogP contribution in [0.4, 0.5) is 0 Å². The molecule has 1 atom stereocenters. The predicted octanol–water partition coefficient (Wildman–Crippen LogP) is 4.23. The number of guanidine groups is 1. The van der Waals surface area contributed by atoms with E-state index in [1.165, 1.54) is 4.90 Å². The van der Waals surface area contributed by atoms with Gasteiger partial charge in [-0.25, -0.2) is 13.1 Å². The van der Waals surface area contributed by atoms with Gasteiger partial charge in [0, 0.05) is 35.8 Å². The number of thioether (sulfide) groups is 1. The van der Waals surface area contributed by atoms with Crippen molar-refractivity contribution in [2.24, 2.45) is 4.99 Å². The topological polar surface area (TPSA) is 82.6 Å². The Kier molecular flexibility index (Phi) is 11.3. The summed E-state index contributed by atoms with van der Waals surface area (Å²) in [7, 11) is -1.91. The Morgan fingerprint density at radius 3 is 2.26 bits per heavy atom. The quantitative estimate of drug-likeness (QED) is 0.190. The number of hydrogen-bond acceptors (Lipinski definition) is 4. The first kappa shape index (κ1) is 27.7. The molecule has 0 aliphatic heterocycles. The minimum absolute atomic E-state index is 0. The van der Waals surface area contributed by atoms with E-state index in [-0.39, 0.29) is 28.9 Å². The lowest BCUT2D eigenvalue weighted by molar-refractivity contribution is 0.491. The molecule has 0 radical (unpaired) electrons. The third-order valence-corrected chi connectivity index (χ3v) is 6.98. The van der Waals surface area contributed by atoms with Crippen molar-refractivity contribution in [3.05, 3.63) is 60.2 Å². The number of sulfonamides is 1. The molecule has 0 amide bonds. The second-order valence-electron chi connectivity index (χ2n) is 8.01. The summed E-state index contributed by atoms with van der Waals surface area (Å²) >= 11 is 1.79. The van der Waals surface area contributed by atoms with Crippen molar-refractivity contribution < 1.29 is 8.42 Å². The van der Waals surface area contributed by atoms with Crippen LogP contribution in [0.25, 0.3) is 0 Å². The number of aliphatic imine (C=N–C) groups is 1. The van der Waals surface area contributed by atoms with Crippen LogP contribution in [-0.4, -0.2) is 38.8 Å². The predicted molar refractivity (Wildman–Crippen MR) is 142 cm³/mol. The molecule has 0 heterocycles. The first-order chi connectivity index (χ1) is 14.1. The molecule has 2 aromatic rings. The Morgan fingerprint density at radius 2 is 1.65 bits per heavy atom. The molecule has 0 bridgehead atoms. The van der Waals surface area contributed by atoms with Gasteiger partial charge in [-0.05, 0) is 44.5 Å². The zero-order valence-electron chi connectivity index (χ0n) is 18.7. The van der Waals surface area contributed by atoms with Crippen LogP contribution >= 0.6 is 35.7 Å². The first-order valence-corrected chi connectivity index (χ1v) is 12.2. The van der Waals surface area contributed by atoms with Gasteiger partial charge in [-0.2, -0.15) is 0 Å². The summed E-state index contributed by atoms with van der Waals surface area (Å²) < 4.78 is 28.3. The molecule has 172 valence electrons. The summed E-state index contributed by atoms with van der Waals surface area (Å²) in [6, 6.07) is 17.3. The minimum Gasteiger partial charge on any atom is -0.355 e. The van der Waals surface area contributed by atoms with Gasteiger partial charge in [-0.3, -0.25) is 4.99 Å². The number of benzene rings is 2. The van der Waals surface area contributed by atoms with E-state index < -0.39 is 15.6 Å². The molecule has 6 nitrogen and oxygen atoms in total. The van der Waals surface area contributed by atoms with Crippen molar-refractivity contribution in [2.45, 2.75) is 54.8 Å². The zero-order valence-corrected chi connectivity index (χ0v) is 22.6. The lowest BCUT2D eigenvalue weighted by Crippen LogP contribution is -2.42. The maximum atomic E-state index is 12.8. The smallest absolute Gasteiger partial charge is 0.241 e. The van der Waals surface area contributed by atoms with Crippen LogP contribution in [0.15, 0.2) is 69.4 Å². The van der Waals surface area contributed by atoms with E-state index in [0.29, 0.717) is 23.3 Å². The highest BCUT2D eigenvalue weighted by Crippen LogP contribution is 2.22. The van der Waals surface area contributed by atoms with Crippen molar-refractivity contribution in [3.63, 3.8) is 0 Å². The van der Waals surface area contributed by atoms with Crippen molar-refractivity contribution in [3.8, 4) is 0 Å². The molecule has 0 aromatic heterocycles. The van der Waals surface area contributed by atoms with E-state index in [0.717, 1.165) is 6.54 Å². The van der Waals surface area contributed by atoms with Crippen molar-refractivity contribution in [1.82, 2.24) is 15.4 Å². The number of hydrogen-bond donors (Lipinski definition) is 3. The Balaban J connectivity index is 0.00000480. The fourth-order valence-corrected chi connectivity index (χ4v) is 5.39. The van der Waals surface area contributed by atoms with Crippen LogP contribution in [0.3, 0.4) is 0 Å². The molecule has 9 heteroatoms. The molecule has 0 saturated carbocycles. The van der Waals surface area contributed by atoms with E-state index in [2.05, 4.69) is 39.4 Å². The van der Waals surface area contributed by atoms with Crippen molar-refractivity contribution in [1.29, 1.82) is 0 Å². The molecule has 2 aromatic carbocycles. The lowest BCUT2D eigenvalue weighted by Gasteiger charge is -2.22. The van der Waals surface area contributed by atoms with Crippen LogP contribution in [0.5, 0.6) is 0 Å². The molecule has 0 aliphatic rings. The first-order valence-electron chi connectivity index (χ1n) is 9.89. The van der Waals surface area contributed by atoms with Crippen LogP contribution in [0, 0.1) is 0 Å². The standard InChI is InChI=1S/C22H32N4O2S2.HI/c1-17(29-19-12-7-6-8-13-19)15-24-21(23-5)25-16-18-11-9-10-14-20(18)30(27,28)26-22(2,3)4;/h6-14,17,26H,15-16H2,1-5H3,(H2,23,24,25);1H. The minimum atomic E-state index is -3.62. The molecular formula is C22H33IN4O2S2. The Bertz CT molecular complexity index is 945. The molecular weight excluding hydrogens is 543 g/mol. The Hall–Kier alpha value is -1.30. The monoisotopic (exact) mass is 576 g/mol. The van der Waals surface area contributed by atoms with Crippen LogP contribution in [0.2, 0.25) is 0 Å². The van der Waals surface area contributed by atoms with E-state index in [1.54, 1.807) is 30.9 Å². The van der Waals surface area contributed by atoms with Crippen molar-refractivity contribution in [2.75, 3.05) is 13.6 Å². The number of halogens is 1. The fraction of sp³-hybridized carbons (Fsp3) is 0.409. The summed E-state index contributed by atoms with van der Waals surface area (Å²) in [6.45, 7) is 8.70. The van der Waals surface area contributed by atoms with Gasteiger partial charge in [0.1, 0.15) is 0 Å². The lowest BCUT2D eigenvalue weighted by atomic mass is 10.1. The number of nitrogens with one attached hydrogen (secondary N) is 3. The molecule has 0 saturated heterocycles. The maximum absolute atomic E-state index is 12.8. The van der Waals surface area contributed by atoms with Gasteiger partial charge < -0.3 is 10.6 Å². The average Bonchev–Trinajstić information content (AvgIpc) is 2.67. The van der Waals surface area contributed by atoms with E-state index in [4.69, 9.17) is 0 Å². The second kappa shape index (κ2) is 12.7. The fourth-order valence-electron chi connectivity index (χ4n) is 2.78. The van der Waals surface area contributed by atoms with Gasteiger partial charge in [-0.15, -0.1) is 35.7 Å². The summed E-state index contributed by atoms with van der Waals surface area (Å²) in [5.74, 6) is 0.631. The average molecular weight is 577 g/mol. The highest BCUT2D eigenvalue weighted by molar-refractivity contribution is 14.0. The molecule has 0 aliphatic carbocycles. The Labute approximate surface area is 208 Å². The number of rotatable bonds is 8. The summed E-state index contributed by atoms with van der Waals surface area (Å²) in [5, 5.41) is 6.87. The van der Waals surface area contributed by atoms with Gasteiger partial charge in [0.25, 0.3) is 0 Å². The van der Waals surface area contributed by atoms with Crippen LogP contribution < -0.4 is 15.4 Å². The maximum Gasteiger partial charge on any atom is 0.241 e. The van der Waals surface area contributed by atoms with Crippen LogP contribution in [0.1, 0.15) is 33.3 Å². The highest BCUT2D eigenvalue weighted by Gasteiger charge is 2.24. The molecule has 2 rings (SSSR count). The van der Waals surface area contributed by atoms with Gasteiger partial charge in [0.15, 0.2) is 5.96 Å². The molecule has 0 fully saturated rings. The molecule has 0 spiro atoms. The number of nitrogens with zero attached hydrogens (tertiary/aromatic N) is 1. The van der Waals surface area contributed by atoms with Crippen LogP contribution in [-0.2, 0) is 16.6 Å². The zero-order chi connectivity index (χ0) is 22.2. The summed E-state index contributed by atoms with van der Waals surface area (Å²) in [4.78, 5) is 5.75. The van der Waals surface area contributed by atoms with Gasteiger partial charge in [0.2, 0.25) is 10.0 Å². The third kappa shape index (κ3) is 9.80. The normalized spacial score (nSPS) is 13.3. The van der Waals surface area contributed by atoms with Gasteiger partial charge in [-0.1, -0.05) is 43.3 Å². The van der Waals surface area contributed by atoms with E-state index in [9.17, 15) is 8.42 Å². The van der Waals surface area contributed by atoms with Crippen molar-refractivity contribution >= 4 is 51.7 Å². The molecule has 3 N–H and O–H groups in total. The SMILES string of the molecule is CN=C(NCc1ccccc1S(=O)(=O)NC(C)(C)C)NCC(C)Sc1ccccc1.I. The van der Waals surface area contributed by atoms with E-state index in [1.807, 2.05) is 51.1 Å². The summed E-state index contributed by atoms with van der Waals surface area (Å²) in [5.41, 5.74) is 0.132. The van der Waals surface area contributed by atoms with Gasteiger partial charge >= 0.3 is 0 Å². The Morgan fingerprint density at radius 1 is 1.03 bits per heavy atom. The van der Waals surface area contributed by atoms with E-state index >= 15 is 0 Å².